The fourth-order valence-corrected chi connectivity index (χ4v) is 1.56. The first-order chi connectivity index (χ1) is 7.71. The fourth-order valence-electron chi connectivity index (χ4n) is 1.56. The molecule has 0 bridgehead atoms. The molecule has 0 saturated carbocycles. The van der Waals surface area contributed by atoms with E-state index in [1.807, 2.05) is 32.0 Å². The second-order valence-corrected chi connectivity index (χ2v) is 3.73. The van der Waals surface area contributed by atoms with Gasteiger partial charge in [0, 0.05) is 18.8 Å². The van der Waals surface area contributed by atoms with Crippen molar-refractivity contribution in [3.63, 3.8) is 0 Å². The van der Waals surface area contributed by atoms with Gasteiger partial charge in [-0.2, -0.15) is 10.5 Å². The molecule has 0 aromatic heterocycles. The lowest BCUT2D eigenvalue weighted by Crippen LogP contribution is -2.27. The van der Waals surface area contributed by atoms with E-state index < -0.39 is 0 Å². The standard InChI is InChI=1S/C13H15N3/c1-3-16(10-11(2)8-14)13-6-4-5-12(7-13)9-15/h4-7,11H,3,10H2,1-2H3. The number of nitrogens with zero attached hydrogens (tertiary/aromatic N) is 3. The molecule has 3 nitrogen and oxygen atoms in total. The van der Waals surface area contributed by atoms with E-state index >= 15 is 0 Å². The van der Waals surface area contributed by atoms with Crippen LogP contribution < -0.4 is 4.90 Å². The van der Waals surface area contributed by atoms with Crippen LogP contribution in [0.5, 0.6) is 0 Å². The van der Waals surface area contributed by atoms with Crippen molar-refractivity contribution >= 4 is 5.69 Å². The predicted octanol–water partition coefficient (Wildman–Crippen LogP) is 2.54. The normalized spacial score (nSPS) is 11.2. The maximum atomic E-state index is 8.82. The highest BCUT2D eigenvalue weighted by Gasteiger charge is 2.09. The molecule has 0 N–H and O–H groups in total. The first kappa shape index (κ1) is 12.1. The Hall–Kier alpha value is -2.00. The van der Waals surface area contributed by atoms with E-state index in [1.165, 1.54) is 0 Å². The van der Waals surface area contributed by atoms with Crippen LogP contribution in [-0.2, 0) is 0 Å². The molecule has 0 aliphatic carbocycles. The minimum Gasteiger partial charge on any atom is -0.370 e. The number of rotatable bonds is 4. The molecule has 3 heteroatoms. The van der Waals surface area contributed by atoms with E-state index in [0.29, 0.717) is 12.1 Å². The monoisotopic (exact) mass is 213 g/mol. The Bertz CT molecular complexity index is 426. The van der Waals surface area contributed by atoms with E-state index in [4.69, 9.17) is 10.5 Å². The Morgan fingerprint density at radius 3 is 2.69 bits per heavy atom. The fraction of sp³-hybridized carbons (Fsp3) is 0.385. The summed E-state index contributed by atoms with van der Waals surface area (Å²) in [5.41, 5.74) is 1.66. The molecule has 0 radical (unpaired) electrons. The largest absolute Gasteiger partial charge is 0.370 e. The van der Waals surface area contributed by atoms with Gasteiger partial charge >= 0.3 is 0 Å². The third-order valence-electron chi connectivity index (χ3n) is 2.44. The SMILES string of the molecule is CCN(CC(C)C#N)c1cccc(C#N)c1. The minimum atomic E-state index is -0.00862. The smallest absolute Gasteiger partial charge is 0.0992 e. The van der Waals surface area contributed by atoms with Gasteiger partial charge in [0.2, 0.25) is 0 Å². The summed E-state index contributed by atoms with van der Waals surface area (Å²) < 4.78 is 0. The highest BCUT2D eigenvalue weighted by Crippen LogP contribution is 2.16. The van der Waals surface area contributed by atoms with Crippen LogP contribution in [-0.4, -0.2) is 13.1 Å². The van der Waals surface area contributed by atoms with Crippen LogP contribution in [0.1, 0.15) is 19.4 Å². The predicted molar refractivity (Wildman–Crippen MR) is 63.8 cm³/mol. The third kappa shape index (κ3) is 3.00. The Morgan fingerprint density at radius 2 is 2.12 bits per heavy atom. The average molecular weight is 213 g/mol. The molecule has 1 rings (SSSR count). The first-order valence-corrected chi connectivity index (χ1v) is 5.36. The van der Waals surface area contributed by atoms with Gasteiger partial charge in [0.15, 0.2) is 0 Å². The van der Waals surface area contributed by atoms with Crippen molar-refractivity contribution in [2.45, 2.75) is 13.8 Å². The lowest BCUT2D eigenvalue weighted by molar-refractivity contribution is 0.686. The number of benzene rings is 1. The van der Waals surface area contributed by atoms with E-state index in [2.05, 4.69) is 17.0 Å². The number of hydrogen-bond acceptors (Lipinski definition) is 3. The summed E-state index contributed by atoms with van der Waals surface area (Å²) in [6, 6.07) is 11.8. The molecule has 82 valence electrons. The van der Waals surface area contributed by atoms with E-state index in [-0.39, 0.29) is 5.92 Å². The van der Waals surface area contributed by atoms with Crippen molar-refractivity contribution < 1.29 is 0 Å². The molecular weight excluding hydrogens is 198 g/mol. The summed E-state index contributed by atoms with van der Waals surface area (Å²) in [6.07, 6.45) is 0. The molecule has 0 fully saturated rings. The van der Waals surface area contributed by atoms with Gasteiger partial charge < -0.3 is 4.90 Å². The Labute approximate surface area is 96.5 Å². The van der Waals surface area contributed by atoms with Gasteiger partial charge in [-0.25, -0.2) is 0 Å². The Balaban J connectivity index is 2.88. The molecule has 1 atom stereocenters. The zero-order valence-electron chi connectivity index (χ0n) is 9.64. The molecule has 0 heterocycles. The van der Waals surface area contributed by atoms with Gasteiger partial charge in [-0.05, 0) is 32.0 Å². The van der Waals surface area contributed by atoms with Crippen LogP contribution >= 0.6 is 0 Å². The second kappa shape index (κ2) is 5.78. The molecule has 0 saturated heterocycles. The van der Waals surface area contributed by atoms with Gasteiger partial charge in [0.1, 0.15) is 0 Å². The van der Waals surface area contributed by atoms with Crippen molar-refractivity contribution in [1.82, 2.24) is 0 Å². The molecular formula is C13H15N3. The first-order valence-electron chi connectivity index (χ1n) is 5.36. The van der Waals surface area contributed by atoms with Gasteiger partial charge in [0.05, 0.1) is 23.6 Å². The maximum Gasteiger partial charge on any atom is 0.0992 e. The van der Waals surface area contributed by atoms with Crippen LogP contribution in [0.25, 0.3) is 0 Å². The summed E-state index contributed by atoms with van der Waals surface area (Å²) in [5, 5.41) is 17.6. The molecule has 0 aliphatic rings. The lowest BCUT2D eigenvalue weighted by Gasteiger charge is -2.24. The van der Waals surface area contributed by atoms with E-state index in [1.54, 1.807) is 6.07 Å². The second-order valence-electron chi connectivity index (χ2n) is 3.73. The van der Waals surface area contributed by atoms with Crippen molar-refractivity contribution in [2.75, 3.05) is 18.0 Å². The van der Waals surface area contributed by atoms with Crippen LogP contribution in [0, 0.1) is 28.6 Å². The van der Waals surface area contributed by atoms with Gasteiger partial charge in [-0.15, -0.1) is 0 Å². The van der Waals surface area contributed by atoms with Crippen LogP contribution in [0.15, 0.2) is 24.3 Å². The Morgan fingerprint density at radius 1 is 1.38 bits per heavy atom. The van der Waals surface area contributed by atoms with Crippen molar-refractivity contribution in [3.05, 3.63) is 29.8 Å². The highest BCUT2D eigenvalue weighted by molar-refractivity contribution is 5.51. The van der Waals surface area contributed by atoms with E-state index in [9.17, 15) is 0 Å². The van der Waals surface area contributed by atoms with E-state index in [0.717, 1.165) is 12.2 Å². The molecule has 0 spiro atoms. The molecule has 1 aromatic rings. The highest BCUT2D eigenvalue weighted by atomic mass is 15.1. The molecule has 1 aromatic carbocycles. The van der Waals surface area contributed by atoms with Crippen LogP contribution in [0.4, 0.5) is 5.69 Å². The number of hydrogen-bond donors (Lipinski definition) is 0. The average Bonchev–Trinajstić information content (AvgIpc) is 2.35. The Kier molecular flexibility index (Phi) is 4.36. The summed E-state index contributed by atoms with van der Waals surface area (Å²) in [4.78, 5) is 2.11. The maximum absolute atomic E-state index is 8.82. The van der Waals surface area contributed by atoms with Crippen molar-refractivity contribution in [3.8, 4) is 12.1 Å². The van der Waals surface area contributed by atoms with Crippen molar-refractivity contribution in [1.29, 1.82) is 10.5 Å². The molecule has 0 aliphatic heterocycles. The zero-order chi connectivity index (χ0) is 12.0. The van der Waals surface area contributed by atoms with Crippen LogP contribution in [0.2, 0.25) is 0 Å². The van der Waals surface area contributed by atoms with Crippen LogP contribution in [0.3, 0.4) is 0 Å². The van der Waals surface area contributed by atoms with Gasteiger partial charge in [0.25, 0.3) is 0 Å². The zero-order valence-corrected chi connectivity index (χ0v) is 9.64. The lowest BCUT2D eigenvalue weighted by atomic mass is 10.1. The van der Waals surface area contributed by atoms with Gasteiger partial charge in [-0.3, -0.25) is 0 Å². The molecule has 0 amide bonds. The summed E-state index contributed by atoms with van der Waals surface area (Å²) in [6.45, 7) is 5.47. The third-order valence-corrected chi connectivity index (χ3v) is 2.44. The topological polar surface area (TPSA) is 50.8 Å². The number of anilines is 1. The molecule has 1 unspecified atom stereocenters. The van der Waals surface area contributed by atoms with Gasteiger partial charge in [-0.1, -0.05) is 6.07 Å². The number of nitriles is 2. The summed E-state index contributed by atoms with van der Waals surface area (Å²) in [5.74, 6) is -0.00862. The summed E-state index contributed by atoms with van der Waals surface area (Å²) in [7, 11) is 0. The summed E-state index contributed by atoms with van der Waals surface area (Å²) >= 11 is 0. The minimum absolute atomic E-state index is 0.00862. The van der Waals surface area contributed by atoms with Crippen molar-refractivity contribution in [2.24, 2.45) is 5.92 Å². The molecule has 16 heavy (non-hydrogen) atoms. The quantitative estimate of drug-likeness (QED) is 0.772.